The number of benzene rings is 1. The smallest absolute Gasteiger partial charge is 0.190 e. The van der Waals surface area contributed by atoms with Gasteiger partial charge in [-0.05, 0) is 24.6 Å². The van der Waals surface area contributed by atoms with Crippen LogP contribution in [0.1, 0.15) is 11.3 Å². The molecule has 0 saturated carbocycles. The first-order chi connectivity index (χ1) is 7.11. The Hall–Kier alpha value is -1.79. The number of halogens is 1. The average molecular weight is 219 g/mol. The predicted molar refractivity (Wildman–Crippen MR) is 59.0 cm³/mol. The molecule has 0 aliphatic carbocycles. The maximum atomic E-state index is 11.6. The largest absolute Gasteiger partial charge is 0.346 e. The molecule has 1 aromatic carbocycles. The number of nitrogens with zero attached hydrogens (tertiary/aromatic N) is 1. The topological polar surface area (TPSA) is 56.6 Å². The molecule has 2 aromatic rings. The molecule has 1 aromatic heterocycles. The Bertz CT molecular complexity index is 637. The fourth-order valence-electron chi connectivity index (χ4n) is 1.54. The summed E-state index contributed by atoms with van der Waals surface area (Å²) < 4.78 is 0. The molecule has 74 valence electrons. The van der Waals surface area contributed by atoms with Crippen molar-refractivity contribution in [3.63, 3.8) is 0 Å². The number of aromatic nitrogens is 1. The van der Waals surface area contributed by atoms with Crippen LogP contribution in [0.3, 0.4) is 0 Å². The summed E-state index contributed by atoms with van der Waals surface area (Å²) in [6.07, 6.45) is 0. The molecule has 0 amide bonds. The maximum absolute atomic E-state index is 11.6. The van der Waals surface area contributed by atoms with Gasteiger partial charge in [-0.2, -0.15) is 5.26 Å². The Balaban J connectivity index is 3.00. The molecular weight excluding hydrogens is 212 g/mol. The minimum atomic E-state index is -0.189. The molecule has 2 rings (SSSR count). The van der Waals surface area contributed by atoms with E-state index in [2.05, 4.69) is 4.98 Å². The van der Waals surface area contributed by atoms with Crippen molar-refractivity contribution in [2.75, 3.05) is 0 Å². The van der Waals surface area contributed by atoms with E-state index in [1.807, 2.05) is 13.0 Å². The van der Waals surface area contributed by atoms with Gasteiger partial charge in [0.1, 0.15) is 11.8 Å². The van der Waals surface area contributed by atoms with Crippen molar-refractivity contribution in [2.45, 2.75) is 6.92 Å². The standard InChI is InChI=1S/C11H7ClN2O/c1-6-2-7(12)3-9-10(15)4-8(5-13)14-11(6)9/h2-4H,1H3,(H,14,15). The quantitative estimate of drug-likeness (QED) is 0.738. The van der Waals surface area contributed by atoms with E-state index in [0.717, 1.165) is 5.56 Å². The molecule has 0 fully saturated rings. The van der Waals surface area contributed by atoms with Crippen molar-refractivity contribution in [3.05, 3.63) is 44.7 Å². The first-order valence-corrected chi connectivity index (χ1v) is 4.73. The van der Waals surface area contributed by atoms with Crippen molar-refractivity contribution in [1.29, 1.82) is 5.26 Å². The third-order valence-electron chi connectivity index (χ3n) is 2.22. The number of aromatic amines is 1. The van der Waals surface area contributed by atoms with Crippen molar-refractivity contribution in [3.8, 4) is 6.07 Å². The van der Waals surface area contributed by atoms with Gasteiger partial charge in [-0.15, -0.1) is 0 Å². The Morgan fingerprint density at radius 1 is 1.40 bits per heavy atom. The molecule has 0 bridgehead atoms. The van der Waals surface area contributed by atoms with E-state index in [9.17, 15) is 4.79 Å². The Morgan fingerprint density at radius 3 is 2.80 bits per heavy atom. The monoisotopic (exact) mass is 218 g/mol. The van der Waals surface area contributed by atoms with Gasteiger partial charge in [0.2, 0.25) is 0 Å². The van der Waals surface area contributed by atoms with Crippen molar-refractivity contribution in [2.24, 2.45) is 0 Å². The van der Waals surface area contributed by atoms with Crippen LogP contribution in [0.4, 0.5) is 0 Å². The molecule has 0 aliphatic heterocycles. The molecule has 0 spiro atoms. The van der Waals surface area contributed by atoms with Gasteiger partial charge in [0.25, 0.3) is 0 Å². The highest BCUT2D eigenvalue weighted by molar-refractivity contribution is 6.31. The summed E-state index contributed by atoms with van der Waals surface area (Å²) in [5.41, 5.74) is 1.60. The first-order valence-electron chi connectivity index (χ1n) is 4.35. The Morgan fingerprint density at radius 2 is 2.13 bits per heavy atom. The summed E-state index contributed by atoms with van der Waals surface area (Å²) in [4.78, 5) is 14.5. The third-order valence-corrected chi connectivity index (χ3v) is 2.44. The minimum Gasteiger partial charge on any atom is -0.346 e. The number of fused-ring (bicyclic) bond motifs is 1. The molecule has 0 radical (unpaired) electrons. The van der Waals surface area contributed by atoms with Crippen LogP contribution in [0.2, 0.25) is 5.02 Å². The molecule has 1 N–H and O–H groups in total. The number of pyridine rings is 1. The van der Waals surface area contributed by atoms with E-state index in [1.165, 1.54) is 6.07 Å². The van der Waals surface area contributed by atoms with Crippen LogP contribution in [0.5, 0.6) is 0 Å². The average Bonchev–Trinajstić information content (AvgIpc) is 2.19. The lowest BCUT2D eigenvalue weighted by atomic mass is 10.1. The van der Waals surface area contributed by atoms with Crippen LogP contribution < -0.4 is 5.43 Å². The van der Waals surface area contributed by atoms with E-state index in [4.69, 9.17) is 16.9 Å². The number of hydrogen-bond donors (Lipinski definition) is 1. The number of hydrogen-bond acceptors (Lipinski definition) is 2. The lowest BCUT2D eigenvalue weighted by Crippen LogP contribution is -2.04. The van der Waals surface area contributed by atoms with E-state index in [-0.39, 0.29) is 11.1 Å². The number of nitriles is 1. The van der Waals surface area contributed by atoms with Crippen molar-refractivity contribution < 1.29 is 0 Å². The fourth-order valence-corrected chi connectivity index (χ4v) is 1.82. The van der Waals surface area contributed by atoms with E-state index in [0.29, 0.717) is 15.9 Å². The van der Waals surface area contributed by atoms with Gasteiger partial charge in [0.05, 0.1) is 5.52 Å². The van der Waals surface area contributed by atoms with E-state index < -0.39 is 0 Å². The molecule has 3 nitrogen and oxygen atoms in total. The minimum absolute atomic E-state index is 0.189. The summed E-state index contributed by atoms with van der Waals surface area (Å²) >= 11 is 5.85. The molecule has 0 unspecified atom stereocenters. The van der Waals surface area contributed by atoms with Crippen LogP contribution >= 0.6 is 11.6 Å². The lowest BCUT2D eigenvalue weighted by Gasteiger charge is -2.03. The Labute approximate surface area is 90.9 Å². The summed E-state index contributed by atoms with van der Waals surface area (Å²) in [7, 11) is 0. The van der Waals surface area contributed by atoms with Crippen LogP contribution in [-0.2, 0) is 0 Å². The van der Waals surface area contributed by atoms with Crippen LogP contribution in [0.15, 0.2) is 23.0 Å². The SMILES string of the molecule is Cc1cc(Cl)cc2c(=O)cc(C#N)[nH]c12. The second-order valence-corrected chi connectivity index (χ2v) is 3.74. The normalized spacial score (nSPS) is 10.2. The molecule has 0 atom stereocenters. The highest BCUT2D eigenvalue weighted by Gasteiger charge is 2.05. The number of rotatable bonds is 0. The summed E-state index contributed by atoms with van der Waals surface area (Å²) in [6, 6.07) is 6.54. The second-order valence-electron chi connectivity index (χ2n) is 3.30. The van der Waals surface area contributed by atoms with Gasteiger partial charge in [0, 0.05) is 16.5 Å². The first kappa shape index (κ1) is 9.75. The molecule has 0 saturated heterocycles. The van der Waals surface area contributed by atoms with Gasteiger partial charge >= 0.3 is 0 Å². The Kier molecular flexibility index (Phi) is 2.22. The van der Waals surface area contributed by atoms with Gasteiger partial charge in [-0.25, -0.2) is 0 Å². The van der Waals surface area contributed by atoms with Crippen LogP contribution in [-0.4, -0.2) is 4.98 Å². The van der Waals surface area contributed by atoms with Gasteiger partial charge < -0.3 is 4.98 Å². The number of aryl methyl sites for hydroxylation is 1. The van der Waals surface area contributed by atoms with Gasteiger partial charge in [-0.1, -0.05) is 11.6 Å². The molecule has 4 heteroatoms. The van der Waals surface area contributed by atoms with Crippen molar-refractivity contribution >= 4 is 22.5 Å². The zero-order valence-electron chi connectivity index (χ0n) is 7.97. The molecule has 1 heterocycles. The van der Waals surface area contributed by atoms with Crippen LogP contribution in [0.25, 0.3) is 10.9 Å². The molecule has 15 heavy (non-hydrogen) atoms. The lowest BCUT2D eigenvalue weighted by molar-refractivity contribution is 1.29. The molecular formula is C11H7ClN2O. The summed E-state index contributed by atoms with van der Waals surface area (Å²) in [5.74, 6) is 0. The van der Waals surface area contributed by atoms with Crippen molar-refractivity contribution in [1.82, 2.24) is 4.98 Å². The number of nitrogens with one attached hydrogen (secondary N) is 1. The third kappa shape index (κ3) is 1.60. The van der Waals surface area contributed by atoms with E-state index in [1.54, 1.807) is 12.1 Å². The molecule has 0 aliphatic rings. The summed E-state index contributed by atoms with van der Waals surface area (Å²) in [6.45, 7) is 1.84. The van der Waals surface area contributed by atoms with Gasteiger partial charge in [0.15, 0.2) is 5.43 Å². The second kappa shape index (κ2) is 3.41. The predicted octanol–water partition coefficient (Wildman–Crippen LogP) is 2.36. The summed E-state index contributed by atoms with van der Waals surface area (Å²) in [5, 5.41) is 9.76. The zero-order valence-corrected chi connectivity index (χ0v) is 8.72. The highest BCUT2D eigenvalue weighted by atomic mass is 35.5. The maximum Gasteiger partial charge on any atom is 0.190 e. The highest BCUT2D eigenvalue weighted by Crippen LogP contribution is 2.19. The number of H-pyrrole nitrogens is 1. The van der Waals surface area contributed by atoms with Gasteiger partial charge in [-0.3, -0.25) is 4.79 Å². The van der Waals surface area contributed by atoms with Crippen LogP contribution in [0, 0.1) is 18.3 Å². The van der Waals surface area contributed by atoms with E-state index >= 15 is 0 Å². The fraction of sp³-hybridized carbons (Fsp3) is 0.0909. The zero-order chi connectivity index (χ0) is 11.0.